The Morgan fingerprint density at radius 2 is 1.85 bits per heavy atom. The van der Waals surface area contributed by atoms with Crippen molar-refractivity contribution in [1.29, 1.82) is 0 Å². The van der Waals surface area contributed by atoms with Gasteiger partial charge < -0.3 is 19.9 Å². The van der Waals surface area contributed by atoms with Gasteiger partial charge in [0.1, 0.15) is 11.6 Å². The molecule has 1 atom stereocenters. The van der Waals surface area contributed by atoms with Crippen molar-refractivity contribution >= 4 is 17.9 Å². The van der Waals surface area contributed by atoms with Gasteiger partial charge >= 0.3 is 5.97 Å². The number of hydrogen-bond donors (Lipinski definition) is 2. The van der Waals surface area contributed by atoms with E-state index >= 15 is 0 Å². The van der Waals surface area contributed by atoms with Gasteiger partial charge in [-0.05, 0) is 44.9 Å². The third-order valence-corrected chi connectivity index (χ3v) is 6.77. The van der Waals surface area contributed by atoms with Gasteiger partial charge in [-0.1, -0.05) is 12.1 Å². The van der Waals surface area contributed by atoms with Crippen LogP contribution in [-0.4, -0.2) is 54.0 Å². The number of H-pyrrole nitrogens is 1. The number of nitrogens with one attached hydrogen (secondary N) is 2. The van der Waals surface area contributed by atoms with E-state index in [0.717, 1.165) is 41.9 Å². The zero-order valence-corrected chi connectivity index (χ0v) is 22.8. The minimum atomic E-state index is -0.633. The highest BCUT2D eigenvalue weighted by molar-refractivity contribution is 5.75. The third-order valence-electron chi connectivity index (χ3n) is 6.77. The first-order valence-corrected chi connectivity index (χ1v) is 12.9. The molecule has 1 aliphatic heterocycles. The standard InChI is InChI=1S/C27H31F2N9O2/c1-26(2,3)23(39)40-16-38-14-22(35-36-38)27(4)5-6-37(15-27)25-33-13-21(34-25)18-11-31-24(32-12-18)30-10-17-7-19(28)9-20(29)8-17/h7-9,11-14H,5-6,10,15-16H2,1-4H3,(H,33,34)(H,30,31,32). The Bertz CT molecular complexity index is 1480. The second kappa shape index (κ2) is 10.6. The molecule has 1 fully saturated rings. The highest BCUT2D eigenvalue weighted by Crippen LogP contribution is 2.35. The average Bonchev–Trinajstić information content (AvgIpc) is 3.66. The summed E-state index contributed by atoms with van der Waals surface area (Å²) in [6, 6.07) is 3.34. The molecule has 1 saturated heterocycles. The molecule has 3 aromatic heterocycles. The van der Waals surface area contributed by atoms with Crippen LogP contribution in [0.5, 0.6) is 0 Å². The van der Waals surface area contributed by atoms with Crippen LogP contribution in [0.1, 0.15) is 45.4 Å². The fraction of sp³-hybridized carbons (Fsp3) is 0.407. The molecule has 1 aromatic carbocycles. The molecule has 5 rings (SSSR count). The zero-order valence-electron chi connectivity index (χ0n) is 22.8. The first-order valence-electron chi connectivity index (χ1n) is 12.9. The van der Waals surface area contributed by atoms with Gasteiger partial charge in [0.15, 0.2) is 6.73 Å². The van der Waals surface area contributed by atoms with Crippen molar-refractivity contribution in [3.8, 4) is 11.3 Å². The summed E-state index contributed by atoms with van der Waals surface area (Å²) in [5, 5.41) is 11.5. The molecule has 40 heavy (non-hydrogen) atoms. The number of benzene rings is 1. The van der Waals surface area contributed by atoms with Crippen molar-refractivity contribution in [3.05, 3.63) is 65.9 Å². The number of aromatic amines is 1. The van der Waals surface area contributed by atoms with E-state index in [1.165, 1.54) is 16.8 Å². The number of imidazole rings is 1. The van der Waals surface area contributed by atoms with Crippen molar-refractivity contribution in [3.63, 3.8) is 0 Å². The lowest BCUT2D eigenvalue weighted by Gasteiger charge is -2.21. The number of carbonyl (C=O) groups excluding carboxylic acids is 1. The number of esters is 1. The number of ether oxygens (including phenoxy) is 1. The highest BCUT2D eigenvalue weighted by atomic mass is 19.1. The first-order chi connectivity index (χ1) is 19.0. The molecule has 0 radical (unpaired) electrons. The van der Waals surface area contributed by atoms with E-state index in [4.69, 9.17) is 4.74 Å². The summed E-state index contributed by atoms with van der Waals surface area (Å²) < 4.78 is 33.7. The van der Waals surface area contributed by atoms with E-state index < -0.39 is 17.0 Å². The molecule has 4 heterocycles. The molecule has 1 unspecified atom stereocenters. The van der Waals surface area contributed by atoms with E-state index in [9.17, 15) is 13.6 Å². The number of aromatic nitrogens is 7. The van der Waals surface area contributed by atoms with Crippen molar-refractivity contribution in [1.82, 2.24) is 34.9 Å². The number of rotatable bonds is 8. The van der Waals surface area contributed by atoms with Crippen molar-refractivity contribution in [2.45, 2.75) is 52.8 Å². The normalized spacial score (nSPS) is 17.3. The van der Waals surface area contributed by atoms with Crippen LogP contribution in [0.3, 0.4) is 0 Å². The van der Waals surface area contributed by atoms with E-state index in [1.54, 1.807) is 39.4 Å². The van der Waals surface area contributed by atoms with Gasteiger partial charge in [-0.15, -0.1) is 5.10 Å². The number of carbonyl (C=O) groups is 1. The van der Waals surface area contributed by atoms with Crippen LogP contribution in [0.4, 0.5) is 20.7 Å². The lowest BCUT2D eigenvalue weighted by atomic mass is 9.86. The lowest BCUT2D eigenvalue weighted by Crippen LogP contribution is -2.29. The van der Waals surface area contributed by atoms with Gasteiger partial charge in [0.05, 0.1) is 29.2 Å². The van der Waals surface area contributed by atoms with E-state index in [2.05, 4.69) is 47.4 Å². The predicted molar refractivity (Wildman–Crippen MR) is 143 cm³/mol. The van der Waals surface area contributed by atoms with E-state index in [-0.39, 0.29) is 24.7 Å². The molecular weight excluding hydrogens is 520 g/mol. The van der Waals surface area contributed by atoms with Gasteiger partial charge in [0.25, 0.3) is 0 Å². The summed E-state index contributed by atoms with van der Waals surface area (Å²) in [7, 11) is 0. The van der Waals surface area contributed by atoms with E-state index in [1.807, 2.05) is 6.20 Å². The maximum Gasteiger partial charge on any atom is 0.313 e. The molecule has 1 aliphatic rings. The van der Waals surface area contributed by atoms with Gasteiger partial charge in [-0.2, -0.15) is 0 Å². The first kappa shape index (κ1) is 27.2. The molecule has 0 spiro atoms. The van der Waals surface area contributed by atoms with Gasteiger partial charge in [0.2, 0.25) is 11.9 Å². The molecule has 0 saturated carbocycles. The topological polar surface area (TPSA) is 127 Å². The third kappa shape index (κ3) is 6.08. The molecule has 0 aliphatic carbocycles. The Morgan fingerprint density at radius 1 is 1.12 bits per heavy atom. The fourth-order valence-corrected chi connectivity index (χ4v) is 4.40. The monoisotopic (exact) mass is 551 g/mol. The molecule has 0 bridgehead atoms. The Hall–Kier alpha value is -4.42. The summed E-state index contributed by atoms with van der Waals surface area (Å²) in [5.74, 6) is -0.503. The summed E-state index contributed by atoms with van der Waals surface area (Å²) in [6.45, 7) is 9.20. The SMILES string of the molecule is CC(C)(C)C(=O)OCn1cc(C2(C)CCN(c3ncc(-c4cnc(NCc5cc(F)cc(F)c5)nc4)[nH]3)C2)nn1. The molecule has 13 heteroatoms. The minimum absolute atomic E-state index is 0.0180. The average molecular weight is 552 g/mol. The maximum atomic E-state index is 13.4. The number of anilines is 2. The fourth-order valence-electron chi connectivity index (χ4n) is 4.40. The molecule has 11 nitrogen and oxygen atoms in total. The zero-order chi connectivity index (χ0) is 28.5. The lowest BCUT2D eigenvalue weighted by molar-refractivity contribution is -0.157. The summed E-state index contributed by atoms with van der Waals surface area (Å²) in [5.41, 5.74) is 1.95. The predicted octanol–water partition coefficient (Wildman–Crippen LogP) is 4.06. The molecular formula is C27H31F2N9O2. The summed E-state index contributed by atoms with van der Waals surface area (Å²) in [4.78, 5) is 30.7. The van der Waals surface area contributed by atoms with Crippen molar-refractivity contribution in [2.24, 2.45) is 5.41 Å². The molecule has 2 N–H and O–H groups in total. The van der Waals surface area contributed by atoms with Crippen molar-refractivity contribution in [2.75, 3.05) is 23.3 Å². The van der Waals surface area contributed by atoms with Crippen LogP contribution in [0.15, 0.2) is 43.0 Å². The molecule has 210 valence electrons. The molecule has 4 aromatic rings. The summed E-state index contributed by atoms with van der Waals surface area (Å²) in [6.07, 6.45) is 7.70. The van der Waals surface area contributed by atoms with Crippen LogP contribution in [0, 0.1) is 17.0 Å². The van der Waals surface area contributed by atoms with Crippen LogP contribution in [-0.2, 0) is 28.2 Å². The number of hydrogen-bond acceptors (Lipinski definition) is 9. The van der Waals surface area contributed by atoms with Gasteiger partial charge in [-0.25, -0.2) is 28.4 Å². The van der Waals surface area contributed by atoms with Crippen molar-refractivity contribution < 1.29 is 18.3 Å². The van der Waals surface area contributed by atoms with Crippen LogP contribution < -0.4 is 10.2 Å². The Labute approximate surface area is 230 Å². The highest BCUT2D eigenvalue weighted by Gasteiger charge is 2.39. The van der Waals surface area contributed by atoms with Crippen LogP contribution >= 0.6 is 0 Å². The second-order valence-electron chi connectivity index (χ2n) is 11.2. The van der Waals surface area contributed by atoms with Crippen LogP contribution in [0.2, 0.25) is 0 Å². The van der Waals surface area contributed by atoms with Gasteiger partial charge in [-0.3, -0.25) is 4.79 Å². The number of halogens is 2. The van der Waals surface area contributed by atoms with Gasteiger partial charge in [0, 0.05) is 49.1 Å². The minimum Gasteiger partial charge on any atom is -0.442 e. The Morgan fingerprint density at radius 3 is 2.55 bits per heavy atom. The molecule has 0 amide bonds. The largest absolute Gasteiger partial charge is 0.442 e. The quantitative estimate of drug-likeness (QED) is 0.312. The second-order valence-corrected chi connectivity index (χ2v) is 11.2. The Balaban J connectivity index is 1.18. The number of nitrogens with zero attached hydrogens (tertiary/aromatic N) is 7. The Kier molecular flexibility index (Phi) is 7.21. The maximum absolute atomic E-state index is 13.4. The summed E-state index contributed by atoms with van der Waals surface area (Å²) >= 11 is 0. The van der Waals surface area contributed by atoms with E-state index in [0.29, 0.717) is 18.1 Å². The van der Waals surface area contributed by atoms with Crippen LogP contribution in [0.25, 0.3) is 11.3 Å². The smallest absolute Gasteiger partial charge is 0.313 e.